The molecule has 1 N–H and O–H groups in total. The third kappa shape index (κ3) is 0.680. The minimum atomic E-state index is 0.338. The van der Waals surface area contributed by atoms with E-state index < -0.39 is 0 Å². The standard InChI is InChI=1S/C8H10N4/c1-2-5-10-8(4-1)11-6-3-7-12(11)9-10/h1-5,7-9H,6H2. The molecule has 0 radical (unpaired) electrons. The highest BCUT2D eigenvalue weighted by Gasteiger charge is 2.35. The average molecular weight is 162 g/mol. The van der Waals surface area contributed by atoms with E-state index in [1.807, 2.05) is 23.6 Å². The minimum Gasteiger partial charge on any atom is -0.274 e. The second-order valence-corrected chi connectivity index (χ2v) is 3.00. The van der Waals surface area contributed by atoms with Crippen molar-refractivity contribution in [3.63, 3.8) is 0 Å². The number of hydrogen-bond acceptors (Lipinski definition) is 4. The van der Waals surface area contributed by atoms with Gasteiger partial charge in [0.1, 0.15) is 6.17 Å². The second-order valence-electron chi connectivity index (χ2n) is 3.00. The number of fused-ring (bicyclic) bond motifs is 3. The molecule has 0 bridgehead atoms. The molecule has 12 heavy (non-hydrogen) atoms. The summed E-state index contributed by atoms with van der Waals surface area (Å²) >= 11 is 0. The van der Waals surface area contributed by atoms with Crippen LogP contribution in [0.5, 0.6) is 0 Å². The van der Waals surface area contributed by atoms with Crippen LogP contribution in [-0.4, -0.2) is 27.8 Å². The smallest absolute Gasteiger partial charge is 0.136 e. The molecule has 0 saturated carbocycles. The predicted molar refractivity (Wildman–Crippen MR) is 44.7 cm³/mol. The van der Waals surface area contributed by atoms with Gasteiger partial charge in [0.05, 0.1) is 0 Å². The zero-order valence-electron chi connectivity index (χ0n) is 6.59. The molecule has 1 saturated heterocycles. The van der Waals surface area contributed by atoms with E-state index in [-0.39, 0.29) is 0 Å². The van der Waals surface area contributed by atoms with E-state index in [1.165, 1.54) is 0 Å². The molecule has 0 aromatic rings. The molecule has 1 fully saturated rings. The normalized spacial score (nSPS) is 31.5. The highest BCUT2D eigenvalue weighted by atomic mass is 16.0. The van der Waals surface area contributed by atoms with Crippen molar-refractivity contribution in [1.29, 1.82) is 0 Å². The number of rotatable bonds is 0. The summed E-state index contributed by atoms with van der Waals surface area (Å²) in [6.07, 6.45) is 12.8. The van der Waals surface area contributed by atoms with Crippen LogP contribution < -0.4 is 5.53 Å². The van der Waals surface area contributed by atoms with Gasteiger partial charge in [-0.1, -0.05) is 6.08 Å². The molecule has 3 aliphatic heterocycles. The number of hydrogen-bond donors (Lipinski definition) is 1. The van der Waals surface area contributed by atoms with E-state index in [0.29, 0.717) is 6.17 Å². The lowest BCUT2D eigenvalue weighted by Crippen LogP contribution is -2.36. The molecular weight excluding hydrogens is 152 g/mol. The molecule has 0 aliphatic carbocycles. The van der Waals surface area contributed by atoms with Crippen LogP contribution in [0, 0.1) is 0 Å². The SMILES string of the molecule is C1=CC2N(C=C1)NN1C=CCN21. The molecule has 4 heteroatoms. The molecule has 0 aromatic carbocycles. The van der Waals surface area contributed by atoms with Crippen molar-refractivity contribution in [1.82, 2.24) is 20.7 Å². The van der Waals surface area contributed by atoms with Gasteiger partial charge < -0.3 is 0 Å². The topological polar surface area (TPSA) is 21.8 Å². The fourth-order valence-electron chi connectivity index (χ4n) is 1.70. The summed E-state index contributed by atoms with van der Waals surface area (Å²) in [7, 11) is 0. The fourth-order valence-corrected chi connectivity index (χ4v) is 1.70. The van der Waals surface area contributed by atoms with Crippen LogP contribution >= 0.6 is 0 Å². The van der Waals surface area contributed by atoms with Crippen molar-refractivity contribution in [3.8, 4) is 0 Å². The molecule has 3 rings (SSSR count). The summed E-state index contributed by atoms with van der Waals surface area (Å²) in [5.41, 5.74) is 3.22. The van der Waals surface area contributed by atoms with Gasteiger partial charge in [-0.05, 0) is 18.2 Å². The first-order chi connectivity index (χ1) is 5.95. The van der Waals surface area contributed by atoms with Gasteiger partial charge in [-0.3, -0.25) is 5.01 Å². The van der Waals surface area contributed by atoms with Crippen molar-refractivity contribution >= 4 is 0 Å². The fraction of sp³-hybridized carbons (Fsp3) is 0.250. The predicted octanol–water partition coefficient (Wildman–Crippen LogP) is 0.178. The number of nitrogens with zero attached hydrogens (tertiary/aromatic N) is 3. The van der Waals surface area contributed by atoms with E-state index in [4.69, 9.17) is 0 Å². The van der Waals surface area contributed by atoms with Crippen molar-refractivity contribution in [2.75, 3.05) is 6.54 Å². The van der Waals surface area contributed by atoms with Gasteiger partial charge in [0, 0.05) is 18.9 Å². The van der Waals surface area contributed by atoms with Gasteiger partial charge in [-0.25, -0.2) is 5.12 Å². The van der Waals surface area contributed by atoms with E-state index in [9.17, 15) is 0 Å². The maximum atomic E-state index is 3.22. The van der Waals surface area contributed by atoms with Gasteiger partial charge >= 0.3 is 0 Å². The van der Waals surface area contributed by atoms with E-state index in [2.05, 4.69) is 33.8 Å². The van der Waals surface area contributed by atoms with Crippen LogP contribution in [0.4, 0.5) is 0 Å². The number of allylic oxidation sites excluding steroid dienone is 2. The second kappa shape index (κ2) is 2.12. The Morgan fingerprint density at radius 1 is 1.25 bits per heavy atom. The van der Waals surface area contributed by atoms with Crippen LogP contribution in [0.3, 0.4) is 0 Å². The summed E-state index contributed by atoms with van der Waals surface area (Å²) in [5, 5.41) is 6.31. The van der Waals surface area contributed by atoms with E-state index >= 15 is 0 Å². The van der Waals surface area contributed by atoms with Gasteiger partial charge in [0.25, 0.3) is 0 Å². The van der Waals surface area contributed by atoms with Crippen LogP contribution in [0.1, 0.15) is 0 Å². The molecule has 3 aliphatic rings. The molecule has 0 amide bonds. The van der Waals surface area contributed by atoms with Crippen LogP contribution in [0.25, 0.3) is 0 Å². The lowest BCUT2D eigenvalue weighted by atomic mass is 10.3. The Morgan fingerprint density at radius 3 is 3.25 bits per heavy atom. The first-order valence-electron chi connectivity index (χ1n) is 4.07. The van der Waals surface area contributed by atoms with Crippen LogP contribution in [-0.2, 0) is 0 Å². The molecule has 4 nitrogen and oxygen atoms in total. The molecule has 0 spiro atoms. The number of hydrazine groups is 3. The summed E-state index contributed by atoms with van der Waals surface area (Å²) in [5.74, 6) is 0. The Labute approximate surface area is 70.9 Å². The quantitative estimate of drug-likeness (QED) is 0.548. The summed E-state index contributed by atoms with van der Waals surface area (Å²) in [6.45, 7) is 0.979. The maximum absolute atomic E-state index is 3.22. The molecule has 1 unspecified atom stereocenters. The molecule has 3 heterocycles. The molecule has 62 valence electrons. The number of nitrogens with one attached hydrogen (secondary N) is 1. The first kappa shape index (κ1) is 6.28. The Kier molecular flexibility index (Phi) is 1.11. The Bertz CT molecular complexity index is 281. The maximum Gasteiger partial charge on any atom is 0.136 e. The third-order valence-electron chi connectivity index (χ3n) is 2.27. The summed E-state index contributed by atoms with van der Waals surface area (Å²) < 4.78 is 0. The zero-order valence-corrected chi connectivity index (χ0v) is 6.59. The largest absolute Gasteiger partial charge is 0.274 e. The van der Waals surface area contributed by atoms with Gasteiger partial charge in [-0.15, -0.1) is 5.53 Å². The van der Waals surface area contributed by atoms with Gasteiger partial charge in [0.15, 0.2) is 0 Å². The van der Waals surface area contributed by atoms with Gasteiger partial charge in [-0.2, -0.15) is 5.01 Å². The third-order valence-corrected chi connectivity index (χ3v) is 2.27. The van der Waals surface area contributed by atoms with Crippen molar-refractivity contribution in [3.05, 3.63) is 36.7 Å². The average Bonchev–Trinajstić information content (AvgIpc) is 2.62. The summed E-state index contributed by atoms with van der Waals surface area (Å²) in [4.78, 5) is 0. The highest BCUT2D eigenvalue weighted by molar-refractivity contribution is 5.14. The van der Waals surface area contributed by atoms with Crippen molar-refractivity contribution in [2.45, 2.75) is 6.17 Å². The summed E-state index contributed by atoms with van der Waals surface area (Å²) in [6, 6.07) is 0. The van der Waals surface area contributed by atoms with Crippen LogP contribution in [0.15, 0.2) is 36.7 Å². The Morgan fingerprint density at radius 2 is 2.25 bits per heavy atom. The van der Waals surface area contributed by atoms with Gasteiger partial charge in [0.2, 0.25) is 0 Å². The highest BCUT2D eigenvalue weighted by Crippen LogP contribution is 2.22. The first-order valence-corrected chi connectivity index (χ1v) is 4.07. The lowest BCUT2D eigenvalue weighted by molar-refractivity contribution is 0.0564. The lowest BCUT2D eigenvalue weighted by Gasteiger charge is -2.23. The van der Waals surface area contributed by atoms with E-state index in [0.717, 1.165) is 6.54 Å². The van der Waals surface area contributed by atoms with Crippen LogP contribution in [0.2, 0.25) is 0 Å². The monoisotopic (exact) mass is 162 g/mol. The zero-order chi connectivity index (χ0) is 7.97. The molecular formula is C8H10N4. The Balaban J connectivity index is 1.93. The minimum absolute atomic E-state index is 0.338. The molecule has 1 atom stereocenters. The molecule has 0 aromatic heterocycles. The van der Waals surface area contributed by atoms with E-state index in [1.54, 1.807) is 0 Å². The van der Waals surface area contributed by atoms with Crippen molar-refractivity contribution in [2.24, 2.45) is 0 Å². The Hall–Kier alpha value is -1.26. The van der Waals surface area contributed by atoms with Crippen molar-refractivity contribution < 1.29 is 0 Å².